The number of Topliss-reactive ketones (excluding diaryl/α,β-unsaturated/α-hetero) is 2. The van der Waals surface area contributed by atoms with Gasteiger partial charge < -0.3 is 47.5 Å². The van der Waals surface area contributed by atoms with Gasteiger partial charge in [0.15, 0.2) is 11.5 Å². The van der Waals surface area contributed by atoms with E-state index in [9.17, 15) is 34.5 Å². The summed E-state index contributed by atoms with van der Waals surface area (Å²) in [7, 11) is 2.98. The first-order chi connectivity index (χ1) is 41.9. The van der Waals surface area contributed by atoms with Crippen molar-refractivity contribution in [2.24, 2.45) is 0 Å². The molecule has 1 aliphatic heterocycles. The van der Waals surface area contributed by atoms with E-state index in [1.165, 1.54) is 52.3 Å². The number of hydrogen-bond donors (Lipinski definition) is 5. The third-order valence-corrected chi connectivity index (χ3v) is 20.3. The molecule has 12 nitrogen and oxygen atoms in total. The summed E-state index contributed by atoms with van der Waals surface area (Å²) in [6, 6.07) is 46.3. The second-order valence-corrected chi connectivity index (χ2v) is 28.9. The minimum atomic E-state index is -2.15. The number of allylic oxidation sites excluding steroid dienone is 6. The van der Waals surface area contributed by atoms with Crippen molar-refractivity contribution in [2.75, 3.05) is 52.7 Å². The van der Waals surface area contributed by atoms with Gasteiger partial charge in [-0.15, -0.1) is 0 Å². The first-order valence-electron chi connectivity index (χ1n) is 30.5. The fraction of sp³-hybridized carbons (Fsp3) is 0.288. The van der Waals surface area contributed by atoms with E-state index in [0.717, 1.165) is 66.9 Å². The molecule has 0 spiro atoms. The van der Waals surface area contributed by atoms with E-state index in [1.54, 1.807) is 26.0 Å². The number of anilines is 1. The Bertz CT molecular complexity index is 3920. The van der Waals surface area contributed by atoms with Crippen LogP contribution in [0.3, 0.4) is 0 Å². The lowest BCUT2D eigenvalue weighted by Gasteiger charge is -2.38. The van der Waals surface area contributed by atoms with Crippen LogP contribution in [0.1, 0.15) is 86.8 Å². The average Bonchev–Trinajstić information content (AvgIpc) is 0.924. The van der Waals surface area contributed by atoms with E-state index >= 15 is 0 Å². The molecule has 2 aliphatic rings. The summed E-state index contributed by atoms with van der Waals surface area (Å²) in [5.74, 6) is 0.0324. The highest BCUT2D eigenvalue weighted by atomic mass is 35.5. The molecular formula is C73H86B2ClN5O7Si. The minimum absolute atomic E-state index is 0. The molecule has 7 aromatic rings. The molecule has 0 radical (unpaired) electrons. The largest absolute Gasteiger partial charge is 1.00 e. The molecular weight excluding hydrogens is 1140 g/mol. The fourth-order valence-electron chi connectivity index (χ4n) is 12.1. The number of nitrogens with one attached hydrogen (secondary N) is 1. The molecule has 0 aromatic heterocycles. The quantitative estimate of drug-likeness (QED) is 0.0148. The summed E-state index contributed by atoms with van der Waals surface area (Å²) in [5, 5.41) is 52.5. The number of halogens is 1. The van der Waals surface area contributed by atoms with Gasteiger partial charge in [0.25, 0.3) is 0 Å². The molecule has 1 heterocycles. The van der Waals surface area contributed by atoms with Gasteiger partial charge in [0.1, 0.15) is 28.0 Å². The maximum absolute atomic E-state index is 12.8. The van der Waals surface area contributed by atoms with Crippen LogP contribution in [0, 0.1) is 0 Å². The predicted molar refractivity (Wildman–Crippen MR) is 368 cm³/mol. The number of carbonyl (C=O) groups is 3. The number of unbranched alkanes of at least 4 members (excludes halogenated alkanes) is 1. The maximum atomic E-state index is 12.8. The van der Waals surface area contributed by atoms with Crippen LogP contribution in [0.2, 0.25) is 13.1 Å². The van der Waals surface area contributed by atoms with Crippen LogP contribution in [0.4, 0.5) is 5.69 Å². The Labute approximate surface area is 534 Å². The first-order valence-corrected chi connectivity index (χ1v) is 33.5. The van der Waals surface area contributed by atoms with Gasteiger partial charge in [-0.25, -0.2) is 4.58 Å². The van der Waals surface area contributed by atoms with E-state index in [1.807, 2.05) is 36.4 Å². The molecule has 0 unspecified atom stereocenters. The molecule has 0 atom stereocenters. The topological polar surface area (TPSA) is 157 Å². The van der Waals surface area contributed by atoms with Crippen molar-refractivity contribution < 1.29 is 51.5 Å². The number of benzene rings is 7. The molecule has 0 bridgehead atoms. The lowest BCUT2D eigenvalue weighted by atomic mass is 9.77. The molecule has 0 saturated carbocycles. The van der Waals surface area contributed by atoms with Crippen LogP contribution in [0.15, 0.2) is 187 Å². The van der Waals surface area contributed by atoms with E-state index in [0.29, 0.717) is 87.1 Å². The number of ketones is 2. The third-order valence-electron chi connectivity index (χ3n) is 16.8. The normalized spacial score (nSPS) is 13.0. The van der Waals surface area contributed by atoms with Crippen molar-refractivity contribution in [2.45, 2.75) is 92.7 Å². The van der Waals surface area contributed by atoms with Gasteiger partial charge in [0.2, 0.25) is 5.91 Å². The number of nitrogens with zero attached hydrogens (tertiary/aromatic N) is 4. The molecule has 1 aliphatic carbocycles. The van der Waals surface area contributed by atoms with Gasteiger partial charge >= 0.3 is 14.2 Å². The SMILES string of the molecule is C=C(C)C(=O)CCCCN(Cc1ccccc1B(O)O)Cc1c2ccccc2c(CN(CCCNC(=O)C(=C)C)Cc2ccccc2B(O)O)c2ccc(-c3ccc(C4=C5C=CC(=[N+](C)C)C=C5[Si](C)(C)c5cc(N(C)C)ccc54)cc3)cc12.CC(C)=O.[Cl-]. The Kier molecular flexibility index (Phi) is 23.8. The average molecular weight is 1230 g/mol. The van der Waals surface area contributed by atoms with Gasteiger partial charge in [-0.3, -0.25) is 19.4 Å². The van der Waals surface area contributed by atoms with Gasteiger partial charge in [0, 0.05) is 83.2 Å². The van der Waals surface area contributed by atoms with Crippen LogP contribution in [-0.2, 0) is 40.6 Å². The number of amides is 1. The summed E-state index contributed by atoms with van der Waals surface area (Å²) in [6.45, 7) is 22.7. The Morgan fingerprint density at radius 3 is 1.65 bits per heavy atom. The summed E-state index contributed by atoms with van der Waals surface area (Å²) >= 11 is 0. The minimum Gasteiger partial charge on any atom is -1.00 e. The van der Waals surface area contributed by atoms with E-state index in [-0.39, 0.29) is 29.9 Å². The van der Waals surface area contributed by atoms with E-state index in [2.05, 4.69) is 182 Å². The van der Waals surface area contributed by atoms with E-state index in [4.69, 9.17) is 0 Å². The zero-order valence-electron chi connectivity index (χ0n) is 53.5. The van der Waals surface area contributed by atoms with Crippen molar-refractivity contribution in [3.05, 3.63) is 220 Å². The monoisotopic (exact) mass is 1230 g/mol. The van der Waals surface area contributed by atoms with E-state index < -0.39 is 22.3 Å². The highest BCUT2D eigenvalue weighted by molar-refractivity contribution is 6.98. The molecule has 16 heteroatoms. The molecule has 0 saturated heterocycles. The zero-order valence-corrected chi connectivity index (χ0v) is 55.2. The number of rotatable bonds is 24. The molecule has 89 heavy (non-hydrogen) atoms. The predicted octanol–water partition coefficient (Wildman–Crippen LogP) is 6.57. The fourth-order valence-corrected chi connectivity index (χ4v) is 15.2. The van der Waals surface area contributed by atoms with Crippen molar-refractivity contribution in [3.8, 4) is 11.1 Å². The van der Waals surface area contributed by atoms with Crippen LogP contribution in [0.5, 0.6) is 0 Å². The van der Waals surface area contributed by atoms with Crippen molar-refractivity contribution >= 4 is 94.4 Å². The van der Waals surface area contributed by atoms with Crippen LogP contribution in [0.25, 0.3) is 38.2 Å². The van der Waals surface area contributed by atoms with Crippen LogP contribution < -0.4 is 38.7 Å². The molecule has 462 valence electrons. The highest BCUT2D eigenvalue weighted by Crippen LogP contribution is 2.43. The highest BCUT2D eigenvalue weighted by Gasteiger charge is 2.40. The third kappa shape index (κ3) is 16.6. The lowest BCUT2D eigenvalue weighted by molar-refractivity contribution is -0.462. The molecule has 9 rings (SSSR count). The Hall–Kier alpha value is -7.56. The molecule has 5 N–H and O–H groups in total. The molecule has 0 fully saturated rings. The van der Waals surface area contributed by atoms with Gasteiger partial charge in [-0.2, -0.15) is 0 Å². The summed E-state index contributed by atoms with van der Waals surface area (Å²) in [4.78, 5) is 41.7. The molecule has 7 aromatic carbocycles. The second-order valence-electron chi connectivity index (χ2n) is 24.6. The van der Waals surface area contributed by atoms with Gasteiger partial charge in [0.05, 0.1) is 0 Å². The van der Waals surface area contributed by atoms with Crippen LogP contribution in [-0.4, -0.2) is 128 Å². The van der Waals surface area contributed by atoms with Crippen molar-refractivity contribution in [3.63, 3.8) is 0 Å². The summed E-state index contributed by atoms with van der Waals surface area (Å²) in [5.41, 5.74) is 15.2. The van der Waals surface area contributed by atoms with Gasteiger partial charge in [-0.1, -0.05) is 142 Å². The number of carbonyl (C=O) groups excluding carboxylic acids is 3. The second kappa shape index (κ2) is 30.8. The Morgan fingerprint density at radius 1 is 0.596 bits per heavy atom. The standard InChI is InChI=1S/C70H79B2N5O6Si.C3H6O.ClH/c1-47(2)66(78)26-17-18-38-76(43-52-20-11-15-24-64(52)71(80)81)46-63-57-23-14-13-22-56(57)62(45-77(39-19-37-73-70(79)48(3)4)44-53-21-12-16-25-65(53)72(82)83)58-34-31-51(40-61(58)63)49-27-29-50(30-28-49)69-59-35-32-54(74(5)6)41-67(59)84(9,10)68-42-55(75(7)8)33-36-60(68)69;1-3(2)4;/h11-16,20-25,27-36,40-42,80-83H,1,3,17-19,26,37-39,43-46H2,2,4-10H3;1-2H3;1H. The summed E-state index contributed by atoms with van der Waals surface area (Å²) < 4.78 is 2.19. The Balaban J connectivity index is 0.00000219. The Morgan fingerprint density at radius 2 is 1.11 bits per heavy atom. The smallest absolute Gasteiger partial charge is 0.488 e. The number of hydrogen-bond acceptors (Lipinski definition) is 10. The first kappa shape index (κ1) is 68.9. The van der Waals surface area contributed by atoms with Crippen molar-refractivity contribution in [1.29, 1.82) is 0 Å². The van der Waals surface area contributed by atoms with Gasteiger partial charge in [-0.05, 0) is 182 Å². The summed E-state index contributed by atoms with van der Waals surface area (Å²) in [6.07, 6.45) is 9.44. The maximum Gasteiger partial charge on any atom is 0.488 e. The zero-order chi connectivity index (χ0) is 63.6. The van der Waals surface area contributed by atoms with Crippen molar-refractivity contribution in [1.82, 2.24) is 15.1 Å². The number of fused-ring (bicyclic) bond motifs is 4. The molecule has 1 amide bonds. The lowest BCUT2D eigenvalue weighted by Crippen LogP contribution is -3.00. The van der Waals surface area contributed by atoms with Crippen LogP contribution >= 0.6 is 0 Å².